The van der Waals surface area contributed by atoms with Crippen molar-refractivity contribution < 1.29 is 0 Å². The number of nitrogens with zero attached hydrogens (tertiary/aromatic N) is 2. The van der Waals surface area contributed by atoms with Crippen molar-refractivity contribution in [2.75, 3.05) is 5.73 Å². The molecule has 0 bridgehead atoms. The van der Waals surface area contributed by atoms with Crippen LogP contribution in [-0.2, 0) is 0 Å². The van der Waals surface area contributed by atoms with E-state index in [-0.39, 0.29) is 0 Å². The molecule has 0 saturated heterocycles. The Hall–Kier alpha value is -2.42. The summed E-state index contributed by atoms with van der Waals surface area (Å²) in [6.45, 7) is 0. The number of aromatic nitrogens is 2. The Morgan fingerprint density at radius 3 is 2.65 bits per heavy atom. The van der Waals surface area contributed by atoms with Crippen LogP contribution < -0.4 is 5.73 Å². The van der Waals surface area contributed by atoms with E-state index in [9.17, 15) is 0 Å². The highest BCUT2D eigenvalue weighted by Gasteiger charge is 2.04. The molecule has 3 heteroatoms. The third-order valence-electron chi connectivity index (χ3n) is 2.73. The van der Waals surface area contributed by atoms with Crippen molar-refractivity contribution in [1.82, 2.24) is 9.97 Å². The Kier molecular flexibility index (Phi) is 2.22. The average Bonchev–Trinajstić information content (AvgIpc) is 2.40. The van der Waals surface area contributed by atoms with Crippen LogP contribution in [-0.4, -0.2) is 9.97 Å². The first-order chi connectivity index (χ1) is 8.34. The zero-order chi connectivity index (χ0) is 11.7. The van der Waals surface area contributed by atoms with Gasteiger partial charge in [-0.1, -0.05) is 30.3 Å². The molecule has 0 fully saturated rings. The number of hydrogen-bond acceptors (Lipinski definition) is 3. The van der Waals surface area contributed by atoms with Crippen molar-refractivity contribution in [3.8, 4) is 11.3 Å². The van der Waals surface area contributed by atoms with Crippen LogP contribution in [0.3, 0.4) is 0 Å². The molecule has 0 radical (unpaired) electrons. The van der Waals surface area contributed by atoms with Crippen molar-refractivity contribution >= 4 is 16.6 Å². The van der Waals surface area contributed by atoms with Crippen LogP contribution in [0.15, 0.2) is 54.9 Å². The Balaban J connectivity index is 2.26. The lowest BCUT2D eigenvalue weighted by atomic mass is 10.1. The van der Waals surface area contributed by atoms with Gasteiger partial charge in [-0.3, -0.25) is 4.98 Å². The number of nitrogens with two attached hydrogens (primary N) is 1. The summed E-state index contributed by atoms with van der Waals surface area (Å²) in [5.74, 6) is 0.523. The maximum Gasteiger partial charge on any atom is 0.133 e. The van der Waals surface area contributed by atoms with E-state index >= 15 is 0 Å². The van der Waals surface area contributed by atoms with E-state index in [0.29, 0.717) is 5.82 Å². The van der Waals surface area contributed by atoms with Gasteiger partial charge < -0.3 is 5.73 Å². The molecule has 0 atom stereocenters. The smallest absolute Gasteiger partial charge is 0.133 e. The predicted octanol–water partition coefficient (Wildman–Crippen LogP) is 2.88. The molecule has 2 heterocycles. The van der Waals surface area contributed by atoms with E-state index < -0.39 is 0 Å². The van der Waals surface area contributed by atoms with E-state index in [4.69, 9.17) is 5.73 Å². The molecule has 3 rings (SSSR count). The molecule has 3 aromatic rings. The highest BCUT2D eigenvalue weighted by molar-refractivity contribution is 5.92. The van der Waals surface area contributed by atoms with Gasteiger partial charge in [0.1, 0.15) is 5.82 Å². The zero-order valence-electron chi connectivity index (χ0n) is 9.17. The molecular weight excluding hydrogens is 210 g/mol. The molecule has 0 spiro atoms. The Morgan fingerprint density at radius 1 is 1.00 bits per heavy atom. The van der Waals surface area contributed by atoms with Gasteiger partial charge in [0, 0.05) is 23.3 Å². The number of rotatable bonds is 1. The van der Waals surface area contributed by atoms with E-state index in [1.807, 2.05) is 42.5 Å². The van der Waals surface area contributed by atoms with Crippen LogP contribution in [0.25, 0.3) is 22.0 Å². The minimum Gasteiger partial charge on any atom is -0.383 e. The molecule has 1 aromatic carbocycles. The minimum absolute atomic E-state index is 0.523. The summed E-state index contributed by atoms with van der Waals surface area (Å²) in [4.78, 5) is 8.47. The van der Waals surface area contributed by atoms with Crippen molar-refractivity contribution in [3.63, 3.8) is 0 Å². The van der Waals surface area contributed by atoms with Gasteiger partial charge in [0.2, 0.25) is 0 Å². The highest BCUT2D eigenvalue weighted by atomic mass is 14.8. The van der Waals surface area contributed by atoms with Crippen LogP contribution in [0.5, 0.6) is 0 Å². The summed E-state index contributed by atoms with van der Waals surface area (Å²) in [6, 6.07) is 14.0. The molecule has 0 aliphatic rings. The maximum absolute atomic E-state index is 5.94. The summed E-state index contributed by atoms with van der Waals surface area (Å²) < 4.78 is 0. The first-order valence-corrected chi connectivity index (χ1v) is 5.40. The molecule has 2 aromatic heterocycles. The fraction of sp³-hybridized carbons (Fsp3) is 0. The lowest BCUT2D eigenvalue weighted by Crippen LogP contribution is -1.94. The second-order valence-electron chi connectivity index (χ2n) is 3.86. The molecule has 17 heavy (non-hydrogen) atoms. The highest BCUT2D eigenvalue weighted by Crippen LogP contribution is 2.25. The zero-order valence-corrected chi connectivity index (χ0v) is 9.17. The normalized spacial score (nSPS) is 10.6. The molecule has 0 aliphatic carbocycles. The second-order valence-corrected chi connectivity index (χ2v) is 3.86. The third-order valence-corrected chi connectivity index (χ3v) is 2.73. The SMILES string of the molecule is Nc1nc(-c2ccccc2)cc2ccncc12. The monoisotopic (exact) mass is 221 g/mol. The predicted molar refractivity (Wildman–Crippen MR) is 69.4 cm³/mol. The Labute approximate surface area is 98.9 Å². The second kappa shape index (κ2) is 3.87. The number of benzene rings is 1. The van der Waals surface area contributed by atoms with Crippen LogP contribution >= 0.6 is 0 Å². The quantitative estimate of drug-likeness (QED) is 0.687. The van der Waals surface area contributed by atoms with Crippen LogP contribution in [0.2, 0.25) is 0 Å². The van der Waals surface area contributed by atoms with Crippen LogP contribution in [0.1, 0.15) is 0 Å². The summed E-state index contributed by atoms with van der Waals surface area (Å²) in [6.07, 6.45) is 3.50. The number of nitrogen functional groups attached to an aromatic ring is 1. The fourth-order valence-corrected chi connectivity index (χ4v) is 1.87. The molecule has 82 valence electrons. The lowest BCUT2D eigenvalue weighted by molar-refractivity contribution is 1.32. The van der Waals surface area contributed by atoms with Gasteiger partial charge in [0.25, 0.3) is 0 Å². The molecule has 2 N–H and O–H groups in total. The van der Waals surface area contributed by atoms with Gasteiger partial charge in [-0.25, -0.2) is 4.98 Å². The summed E-state index contributed by atoms with van der Waals surface area (Å²) >= 11 is 0. The van der Waals surface area contributed by atoms with Gasteiger partial charge in [-0.15, -0.1) is 0 Å². The summed E-state index contributed by atoms with van der Waals surface area (Å²) in [7, 11) is 0. The first kappa shape index (κ1) is 9.78. The maximum atomic E-state index is 5.94. The standard InChI is InChI=1S/C14H11N3/c15-14-12-9-16-7-6-11(12)8-13(17-14)10-4-2-1-3-5-10/h1-9H,(H2,15,17). The number of pyridine rings is 2. The molecule has 0 saturated carbocycles. The molecule has 0 amide bonds. The summed E-state index contributed by atoms with van der Waals surface area (Å²) in [5, 5.41) is 1.96. The van der Waals surface area contributed by atoms with Crippen LogP contribution in [0, 0.1) is 0 Å². The van der Waals surface area contributed by atoms with Crippen LogP contribution in [0.4, 0.5) is 5.82 Å². The van der Waals surface area contributed by atoms with E-state index in [2.05, 4.69) is 9.97 Å². The molecular formula is C14H11N3. The van der Waals surface area contributed by atoms with Gasteiger partial charge in [-0.05, 0) is 17.5 Å². The number of hydrogen-bond donors (Lipinski definition) is 1. The average molecular weight is 221 g/mol. The van der Waals surface area contributed by atoms with Crippen molar-refractivity contribution in [1.29, 1.82) is 0 Å². The fourth-order valence-electron chi connectivity index (χ4n) is 1.87. The minimum atomic E-state index is 0.523. The third kappa shape index (κ3) is 1.72. The number of fused-ring (bicyclic) bond motifs is 1. The van der Waals surface area contributed by atoms with E-state index in [1.54, 1.807) is 12.4 Å². The number of anilines is 1. The van der Waals surface area contributed by atoms with Crippen molar-refractivity contribution in [2.45, 2.75) is 0 Å². The van der Waals surface area contributed by atoms with E-state index in [0.717, 1.165) is 22.0 Å². The van der Waals surface area contributed by atoms with Gasteiger partial charge >= 0.3 is 0 Å². The first-order valence-electron chi connectivity index (χ1n) is 5.40. The lowest BCUT2D eigenvalue weighted by Gasteiger charge is -2.05. The van der Waals surface area contributed by atoms with Crippen molar-refractivity contribution in [2.24, 2.45) is 0 Å². The van der Waals surface area contributed by atoms with Gasteiger partial charge in [0.05, 0.1) is 5.69 Å². The van der Waals surface area contributed by atoms with E-state index in [1.165, 1.54) is 0 Å². The topological polar surface area (TPSA) is 51.8 Å². The molecule has 3 nitrogen and oxygen atoms in total. The largest absolute Gasteiger partial charge is 0.383 e. The van der Waals surface area contributed by atoms with Gasteiger partial charge in [-0.2, -0.15) is 0 Å². The molecule has 0 unspecified atom stereocenters. The van der Waals surface area contributed by atoms with Gasteiger partial charge in [0.15, 0.2) is 0 Å². The van der Waals surface area contributed by atoms with Crippen molar-refractivity contribution in [3.05, 3.63) is 54.9 Å². The Bertz CT molecular complexity index is 663. The Morgan fingerprint density at radius 2 is 1.82 bits per heavy atom. The molecule has 0 aliphatic heterocycles. The summed E-state index contributed by atoms with van der Waals surface area (Å²) in [5.41, 5.74) is 7.90.